The third-order valence-corrected chi connectivity index (χ3v) is 4.56. The molecule has 0 fully saturated rings. The van der Waals surface area contributed by atoms with E-state index in [1.54, 1.807) is 54.6 Å². The zero-order valence-corrected chi connectivity index (χ0v) is 13.0. The summed E-state index contributed by atoms with van der Waals surface area (Å²) in [6.45, 7) is 0. The smallest absolute Gasteiger partial charge is 0.286 e. The van der Waals surface area contributed by atoms with Crippen LogP contribution in [0, 0.1) is 22.7 Å². The second-order valence-corrected chi connectivity index (χ2v) is 6.39. The highest BCUT2D eigenvalue weighted by Crippen LogP contribution is 2.27. The lowest BCUT2D eigenvalue weighted by Gasteiger charge is -2.05. The van der Waals surface area contributed by atoms with Crippen molar-refractivity contribution in [1.29, 1.82) is 10.5 Å². The minimum Gasteiger partial charge on any atom is -0.438 e. The Bertz CT molecular complexity index is 1040. The summed E-state index contributed by atoms with van der Waals surface area (Å²) in [4.78, 5) is 0.118. The molecule has 2 aromatic rings. The Morgan fingerprint density at radius 2 is 1.71 bits per heavy atom. The van der Waals surface area contributed by atoms with Crippen LogP contribution in [0.2, 0.25) is 0 Å². The third kappa shape index (κ3) is 2.89. The Balaban J connectivity index is 1.88. The second kappa shape index (κ2) is 5.99. The van der Waals surface area contributed by atoms with Crippen molar-refractivity contribution < 1.29 is 13.2 Å². The molecule has 1 aliphatic heterocycles. The van der Waals surface area contributed by atoms with Crippen LogP contribution in [-0.2, 0) is 10.0 Å². The molecule has 116 valence electrons. The Hall–Kier alpha value is -3.42. The minimum absolute atomic E-state index is 0.0103. The summed E-state index contributed by atoms with van der Waals surface area (Å²) in [6.07, 6.45) is 1.44. The van der Waals surface area contributed by atoms with Crippen molar-refractivity contribution in [2.75, 3.05) is 0 Å². The minimum atomic E-state index is -3.72. The van der Waals surface area contributed by atoms with E-state index in [0.29, 0.717) is 16.9 Å². The SMILES string of the molecule is N#CC(C#N)=Cc1ccc(OC2=NS(=O)(=O)c3ccccc32)cc1. The average Bonchev–Trinajstić information content (AvgIpc) is 2.85. The molecule has 3 rings (SSSR count). The predicted molar refractivity (Wildman–Crippen MR) is 86.4 cm³/mol. The molecule has 6 nitrogen and oxygen atoms in total. The lowest BCUT2D eigenvalue weighted by Crippen LogP contribution is -2.07. The molecule has 1 heterocycles. The first-order valence-corrected chi connectivity index (χ1v) is 8.22. The summed E-state index contributed by atoms with van der Waals surface area (Å²) < 4.78 is 33.1. The summed E-state index contributed by atoms with van der Waals surface area (Å²) in [5, 5.41) is 17.5. The molecule has 0 atom stereocenters. The Labute approximate surface area is 138 Å². The average molecular weight is 335 g/mol. The van der Waals surface area contributed by atoms with Gasteiger partial charge in [-0.2, -0.15) is 18.9 Å². The van der Waals surface area contributed by atoms with Gasteiger partial charge in [0.1, 0.15) is 28.4 Å². The number of benzene rings is 2. The maximum absolute atomic E-state index is 12.0. The van der Waals surface area contributed by atoms with E-state index < -0.39 is 10.0 Å². The van der Waals surface area contributed by atoms with Crippen LogP contribution in [-0.4, -0.2) is 14.3 Å². The molecule has 2 aromatic carbocycles. The Morgan fingerprint density at radius 3 is 2.38 bits per heavy atom. The summed E-state index contributed by atoms with van der Waals surface area (Å²) in [6, 6.07) is 16.5. The number of fused-ring (bicyclic) bond motifs is 1. The molecule has 0 amide bonds. The quantitative estimate of drug-likeness (QED) is 0.785. The van der Waals surface area contributed by atoms with Crippen molar-refractivity contribution in [3.05, 3.63) is 65.2 Å². The third-order valence-electron chi connectivity index (χ3n) is 3.24. The van der Waals surface area contributed by atoms with Crippen molar-refractivity contribution in [2.45, 2.75) is 4.90 Å². The normalized spacial score (nSPS) is 13.8. The van der Waals surface area contributed by atoms with E-state index in [1.165, 1.54) is 12.1 Å². The van der Waals surface area contributed by atoms with Gasteiger partial charge in [-0.25, -0.2) is 0 Å². The van der Waals surface area contributed by atoms with E-state index >= 15 is 0 Å². The van der Waals surface area contributed by atoms with E-state index in [2.05, 4.69) is 4.40 Å². The Kier molecular flexibility index (Phi) is 3.87. The van der Waals surface area contributed by atoms with Crippen molar-refractivity contribution in [1.82, 2.24) is 0 Å². The van der Waals surface area contributed by atoms with Crippen molar-refractivity contribution in [3.8, 4) is 17.9 Å². The summed E-state index contributed by atoms with van der Waals surface area (Å²) in [5.41, 5.74) is 1.06. The fourth-order valence-electron chi connectivity index (χ4n) is 2.15. The van der Waals surface area contributed by atoms with Crippen LogP contribution < -0.4 is 4.74 Å². The highest BCUT2D eigenvalue weighted by atomic mass is 32.2. The maximum Gasteiger partial charge on any atom is 0.286 e. The van der Waals surface area contributed by atoms with E-state index in [0.717, 1.165) is 0 Å². The number of ether oxygens (including phenoxy) is 1. The van der Waals surface area contributed by atoms with Gasteiger partial charge in [0.25, 0.3) is 10.0 Å². The van der Waals surface area contributed by atoms with Gasteiger partial charge in [-0.05, 0) is 35.9 Å². The molecule has 0 radical (unpaired) electrons. The number of sulfonamides is 1. The molecule has 0 bridgehead atoms. The van der Waals surface area contributed by atoms with Crippen molar-refractivity contribution in [3.63, 3.8) is 0 Å². The number of rotatable bonds is 2. The van der Waals surface area contributed by atoms with Crippen LogP contribution in [0.15, 0.2) is 63.4 Å². The van der Waals surface area contributed by atoms with Gasteiger partial charge in [0.2, 0.25) is 5.90 Å². The molecular weight excluding hydrogens is 326 g/mol. The molecule has 0 aromatic heterocycles. The van der Waals surface area contributed by atoms with Gasteiger partial charge in [0.15, 0.2) is 0 Å². The monoisotopic (exact) mass is 335 g/mol. The topological polar surface area (TPSA) is 103 Å². The van der Waals surface area contributed by atoms with Gasteiger partial charge in [0.05, 0.1) is 5.56 Å². The van der Waals surface area contributed by atoms with Gasteiger partial charge in [0, 0.05) is 0 Å². The fraction of sp³-hybridized carbons (Fsp3) is 0. The molecule has 0 unspecified atom stereocenters. The van der Waals surface area contributed by atoms with Gasteiger partial charge in [-0.1, -0.05) is 24.3 Å². The van der Waals surface area contributed by atoms with E-state index in [-0.39, 0.29) is 16.4 Å². The van der Waals surface area contributed by atoms with Gasteiger partial charge in [-0.15, -0.1) is 4.40 Å². The predicted octanol–water partition coefficient (Wildman–Crippen LogP) is 2.65. The Morgan fingerprint density at radius 1 is 1.04 bits per heavy atom. The molecule has 1 aliphatic rings. The number of hydrogen-bond donors (Lipinski definition) is 0. The molecule has 0 N–H and O–H groups in total. The summed E-state index contributed by atoms with van der Waals surface area (Å²) >= 11 is 0. The van der Waals surface area contributed by atoms with Crippen LogP contribution in [0.5, 0.6) is 5.75 Å². The van der Waals surface area contributed by atoms with E-state index in [1.807, 2.05) is 0 Å². The lowest BCUT2D eigenvalue weighted by atomic mass is 10.1. The molecule has 7 heteroatoms. The highest BCUT2D eigenvalue weighted by Gasteiger charge is 2.29. The maximum atomic E-state index is 12.0. The van der Waals surface area contributed by atoms with E-state index in [4.69, 9.17) is 15.3 Å². The number of allylic oxidation sites excluding steroid dienone is 1. The summed E-state index contributed by atoms with van der Waals surface area (Å²) in [5.74, 6) is 0.414. The van der Waals surface area contributed by atoms with Crippen LogP contribution in [0.3, 0.4) is 0 Å². The van der Waals surface area contributed by atoms with Gasteiger partial charge in [-0.3, -0.25) is 0 Å². The molecular formula is C17H9N3O3S. The van der Waals surface area contributed by atoms with Crippen molar-refractivity contribution >= 4 is 22.0 Å². The highest BCUT2D eigenvalue weighted by molar-refractivity contribution is 7.90. The number of nitriles is 2. The first-order chi connectivity index (χ1) is 11.5. The van der Waals surface area contributed by atoms with Crippen LogP contribution in [0.25, 0.3) is 6.08 Å². The molecule has 0 aliphatic carbocycles. The zero-order chi connectivity index (χ0) is 17.2. The standard InChI is InChI=1S/C17H9N3O3S/c18-10-13(11-19)9-12-5-7-14(8-6-12)23-17-15-3-1-2-4-16(15)24(21,22)20-17/h1-9H. The van der Waals surface area contributed by atoms with Gasteiger partial charge >= 0.3 is 0 Å². The second-order valence-electron chi connectivity index (χ2n) is 4.82. The first-order valence-electron chi connectivity index (χ1n) is 6.78. The number of hydrogen-bond acceptors (Lipinski definition) is 5. The van der Waals surface area contributed by atoms with Crippen LogP contribution >= 0.6 is 0 Å². The van der Waals surface area contributed by atoms with E-state index in [9.17, 15) is 8.42 Å². The van der Waals surface area contributed by atoms with Crippen LogP contribution in [0.4, 0.5) is 0 Å². The summed E-state index contributed by atoms with van der Waals surface area (Å²) in [7, 11) is -3.72. The number of nitrogens with zero attached hydrogens (tertiary/aromatic N) is 3. The zero-order valence-electron chi connectivity index (χ0n) is 12.2. The largest absolute Gasteiger partial charge is 0.438 e. The van der Waals surface area contributed by atoms with Gasteiger partial charge < -0.3 is 4.74 Å². The molecule has 24 heavy (non-hydrogen) atoms. The van der Waals surface area contributed by atoms with Crippen molar-refractivity contribution in [2.24, 2.45) is 4.40 Å². The fourth-order valence-corrected chi connectivity index (χ4v) is 3.29. The molecule has 0 saturated carbocycles. The lowest BCUT2D eigenvalue weighted by molar-refractivity contribution is 0.554. The first kappa shape index (κ1) is 15.5. The molecule has 0 spiro atoms. The van der Waals surface area contributed by atoms with Crippen LogP contribution in [0.1, 0.15) is 11.1 Å². The molecule has 0 saturated heterocycles.